The number of thiocarbonyl (C=S) groups is 1. The van der Waals surface area contributed by atoms with Crippen molar-refractivity contribution in [2.75, 3.05) is 24.4 Å². The van der Waals surface area contributed by atoms with Crippen LogP contribution in [0.2, 0.25) is 0 Å². The first-order chi connectivity index (χ1) is 17.3. The van der Waals surface area contributed by atoms with Gasteiger partial charge in [0.2, 0.25) is 0 Å². The lowest BCUT2D eigenvalue weighted by atomic mass is 10.1. The van der Waals surface area contributed by atoms with Gasteiger partial charge < -0.3 is 24.5 Å². The highest BCUT2D eigenvalue weighted by Gasteiger charge is 2.15. The molecular weight excluding hydrogens is 478 g/mol. The number of carbonyl (C=O) groups is 2. The molecule has 1 aromatic heterocycles. The number of rotatable bonds is 7. The van der Waals surface area contributed by atoms with Gasteiger partial charge in [-0.05, 0) is 73.6 Å². The average molecular weight is 504 g/mol. The van der Waals surface area contributed by atoms with Gasteiger partial charge in [-0.1, -0.05) is 24.3 Å². The first-order valence-electron chi connectivity index (χ1n) is 11.1. The van der Waals surface area contributed by atoms with Crippen molar-refractivity contribution in [3.63, 3.8) is 0 Å². The van der Waals surface area contributed by atoms with Crippen molar-refractivity contribution in [3.8, 4) is 11.5 Å². The van der Waals surface area contributed by atoms with Crippen LogP contribution < -0.4 is 25.4 Å². The molecule has 8 nitrogen and oxygen atoms in total. The number of hydrogen-bond donors (Lipinski definition) is 3. The molecule has 0 atom stereocenters. The topological polar surface area (TPSA) is 102 Å². The standard InChI is InChI=1S/C27H25N3O5S/c1-16-8-10-20(12-17(16)2)34-15-25(31)30-27(36)28-19-9-11-21(23(14-19)33-3)29-26(32)24-13-18-6-4-5-7-22(18)35-24/h4-14H,15H2,1-3H3,(H,29,32)(H2,28,30,31,36). The lowest BCUT2D eigenvalue weighted by Gasteiger charge is -2.14. The van der Waals surface area contributed by atoms with Gasteiger partial charge in [0, 0.05) is 17.1 Å². The number of methoxy groups -OCH3 is 1. The maximum atomic E-state index is 12.7. The van der Waals surface area contributed by atoms with Crippen LogP contribution >= 0.6 is 12.2 Å². The average Bonchev–Trinajstić information content (AvgIpc) is 3.30. The van der Waals surface area contributed by atoms with Crippen molar-refractivity contribution in [3.05, 3.63) is 83.6 Å². The number of aryl methyl sites for hydroxylation is 2. The van der Waals surface area contributed by atoms with Gasteiger partial charge in [-0.3, -0.25) is 14.9 Å². The summed E-state index contributed by atoms with van der Waals surface area (Å²) >= 11 is 5.24. The number of ether oxygens (including phenoxy) is 2. The zero-order valence-corrected chi connectivity index (χ0v) is 20.8. The number of fused-ring (bicyclic) bond motifs is 1. The minimum absolute atomic E-state index is 0.102. The van der Waals surface area contributed by atoms with E-state index >= 15 is 0 Å². The molecule has 0 saturated carbocycles. The minimum atomic E-state index is -0.406. The fourth-order valence-electron chi connectivity index (χ4n) is 3.43. The van der Waals surface area contributed by atoms with Gasteiger partial charge in [-0.15, -0.1) is 0 Å². The molecule has 3 N–H and O–H groups in total. The molecule has 0 unspecified atom stereocenters. The molecule has 184 valence electrons. The van der Waals surface area contributed by atoms with E-state index in [2.05, 4.69) is 16.0 Å². The van der Waals surface area contributed by atoms with Gasteiger partial charge >= 0.3 is 0 Å². The molecule has 0 aliphatic heterocycles. The third-order valence-electron chi connectivity index (χ3n) is 5.46. The van der Waals surface area contributed by atoms with Crippen molar-refractivity contribution in [2.45, 2.75) is 13.8 Å². The van der Waals surface area contributed by atoms with Gasteiger partial charge in [-0.2, -0.15) is 0 Å². The van der Waals surface area contributed by atoms with E-state index in [0.29, 0.717) is 28.5 Å². The van der Waals surface area contributed by atoms with Crippen molar-refractivity contribution >= 4 is 51.5 Å². The van der Waals surface area contributed by atoms with E-state index in [9.17, 15) is 9.59 Å². The van der Waals surface area contributed by atoms with E-state index in [-0.39, 0.29) is 17.5 Å². The number of nitrogens with one attached hydrogen (secondary N) is 3. The minimum Gasteiger partial charge on any atom is -0.494 e. The van der Waals surface area contributed by atoms with E-state index in [1.807, 2.05) is 50.2 Å². The fourth-order valence-corrected chi connectivity index (χ4v) is 3.66. The van der Waals surface area contributed by atoms with Crippen molar-refractivity contribution in [2.24, 2.45) is 0 Å². The highest BCUT2D eigenvalue weighted by Crippen LogP contribution is 2.29. The van der Waals surface area contributed by atoms with Gasteiger partial charge in [0.25, 0.3) is 11.8 Å². The molecular formula is C27H25N3O5S. The quantitative estimate of drug-likeness (QED) is 0.298. The van der Waals surface area contributed by atoms with Crippen LogP contribution in [0.5, 0.6) is 11.5 Å². The highest BCUT2D eigenvalue weighted by molar-refractivity contribution is 7.80. The molecule has 1 heterocycles. The third-order valence-corrected chi connectivity index (χ3v) is 5.66. The van der Waals surface area contributed by atoms with Crippen LogP contribution in [0.15, 0.2) is 71.1 Å². The summed E-state index contributed by atoms with van der Waals surface area (Å²) in [5.74, 6) is 0.394. The zero-order valence-electron chi connectivity index (χ0n) is 20.0. The number of hydrogen-bond acceptors (Lipinski definition) is 6. The summed E-state index contributed by atoms with van der Waals surface area (Å²) in [6, 6.07) is 19.7. The normalized spacial score (nSPS) is 10.5. The molecule has 0 saturated heterocycles. The van der Waals surface area contributed by atoms with Crippen molar-refractivity contribution < 1.29 is 23.5 Å². The summed E-state index contributed by atoms with van der Waals surface area (Å²) in [6.07, 6.45) is 0. The predicted octanol–water partition coefficient (Wildman–Crippen LogP) is 5.20. The molecule has 4 aromatic rings. The maximum absolute atomic E-state index is 12.7. The van der Waals surface area contributed by atoms with Crippen LogP contribution in [0, 0.1) is 13.8 Å². The van der Waals surface area contributed by atoms with Gasteiger partial charge in [0.1, 0.15) is 17.1 Å². The third kappa shape index (κ3) is 6.00. The molecule has 36 heavy (non-hydrogen) atoms. The SMILES string of the molecule is COc1cc(NC(=S)NC(=O)COc2ccc(C)c(C)c2)ccc1NC(=O)c1cc2ccccc2o1. The Morgan fingerprint density at radius 2 is 1.75 bits per heavy atom. The number of furan rings is 1. The molecule has 0 fully saturated rings. The number of amides is 2. The summed E-state index contributed by atoms with van der Waals surface area (Å²) in [5.41, 5.74) is 3.87. The Morgan fingerprint density at radius 3 is 2.50 bits per heavy atom. The molecule has 0 aliphatic rings. The zero-order chi connectivity index (χ0) is 25.7. The second kappa shape index (κ2) is 10.9. The van der Waals surface area contributed by atoms with Crippen LogP contribution in [0.25, 0.3) is 11.0 Å². The first kappa shape index (κ1) is 24.7. The Hall–Kier alpha value is -4.37. The number of para-hydroxylation sites is 1. The van der Waals surface area contributed by atoms with Crippen molar-refractivity contribution in [1.29, 1.82) is 0 Å². The smallest absolute Gasteiger partial charge is 0.291 e. The van der Waals surface area contributed by atoms with E-state index in [4.69, 9.17) is 26.1 Å². The second-order valence-corrected chi connectivity index (χ2v) is 8.46. The van der Waals surface area contributed by atoms with E-state index < -0.39 is 11.8 Å². The summed E-state index contributed by atoms with van der Waals surface area (Å²) in [4.78, 5) is 24.9. The van der Waals surface area contributed by atoms with Crippen LogP contribution in [0.1, 0.15) is 21.7 Å². The van der Waals surface area contributed by atoms with Crippen LogP contribution in [0.4, 0.5) is 11.4 Å². The summed E-state index contributed by atoms with van der Waals surface area (Å²) < 4.78 is 16.6. The van der Waals surface area contributed by atoms with E-state index in [0.717, 1.165) is 16.5 Å². The number of carbonyl (C=O) groups excluding carboxylic acids is 2. The molecule has 3 aromatic carbocycles. The Labute approximate surface area is 213 Å². The summed E-state index contributed by atoms with van der Waals surface area (Å²) in [7, 11) is 1.49. The lowest BCUT2D eigenvalue weighted by molar-refractivity contribution is -0.121. The van der Waals surface area contributed by atoms with Gasteiger partial charge in [0.15, 0.2) is 17.5 Å². The number of anilines is 2. The Kier molecular flexibility index (Phi) is 7.50. The lowest BCUT2D eigenvalue weighted by Crippen LogP contribution is -2.37. The first-order valence-corrected chi connectivity index (χ1v) is 11.5. The van der Waals surface area contributed by atoms with E-state index in [1.54, 1.807) is 30.3 Å². The van der Waals surface area contributed by atoms with Crippen LogP contribution in [0.3, 0.4) is 0 Å². The van der Waals surface area contributed by atoms with Crippen molar-refractivity contribution in [1.82, 2.24) is 5.32 Å². The summed E-state index contributed by atoms with van der Waals surface area (Å²) in [5, 5.41) is 9.23. The predicted molar refractivity (Wildman–Crippen MR) is 143 cm³/mol. The molecule has 0 radical (unpaired) electrons. The van der Waals surface area contributed by atoms with Crippen LogP contribution in [-0.4, -0.2) is 30.6 Å². The molecule has 0 spiro atoms. The fraction of sp³-hybridized carbons (Fsp3) is 0.148. The molecule has 0 aliphatic carbocycles. The largest absolute Gasteiger partial charge is 0.494 e. The molecule has 4 rings (SSSR count). The summed E-state index contributed by atoms with van der Waals surface area (Å²) in [6.45, 7) is 3.80. The Bertz CT molecular complexity index is 1410. The highest BCUT2D eigenvalue weighted by atomic mass is 32.1. The Morgan fingerprint density at radius 1 is 0.944 bits per heavy atom. The molecule has 9 heteroatoms. The second-order valence-electron chi connectivity index (χ2n) is 8.05. The maximum Gasteiger partial charge on any atom is 0.291 e. The van der Waals surface area contributed by atoms with Gasteiger partial charge in [0.05, 0.1) is 12.8 Å². The molecule has 0 bridgehead atoms. The van der Waals surface area contributed by atoms with Crippen LogP contribution in [-0.2, 0) is 4.79 Å². The number of benzene rings is 3. The van der Waals surface area contributed by atoms with Gasteiger partial charge in [-0.25, -0.2) is 0 Å². The monoisotopic (exact) mass is 503 g/mol. The van der Waals surface area contributed by atoms with E-state index in [1.165, 1.54) is 7.11 Å². The molecule has 2 amide bonds. The Balaban J connectivity index is 1.33.